The molecule has 0 aliphatic heterocycles. The van der Waals surface area contributed by atoms with Crippen LogP contribution in [0.1, 0.15) is 19.2 Å². The molecule has 0 atom stereocenters. The number of thiophene rings is 1. The molecule has 3 aromatic rings. The van der Waals surface area contributed by atoms with Crippen LogP contribution < -0.4 is 0 Å². The van der Waals surface area contributed by atoms with Crippen molar-refractivity contribution < 1.29 is 12.8 Å². The Labute approximate surface area is 154 Å². The molecule has 0 unspecified atom stereocenters. The van der Waals surface area contributed by atoms with Crippen LogP contribution in [0.4, 0.5) is 0 Å². The van der Waals surface area contributed by atoms with Crippen LogP contribution in [0.15, 0.2) is 45.2 Å². The van der Waals surface area contributed by atoms with Crippen LogP contribution in [0.2, 0.25) is 5.15 Å². The number of sulfonamides is 1. The number of nitrogens with zero attached hydrogens (tertiary/aromatic N) is 4. The lowest BCUT2D eigenvalue weighted by molar-refractivity contribution is 0.357. The molecule has 0 aliphatic rings. The fraction of sp³-hybridized carbons (Fsp3) is 0.267. The molecular formula is C15H15ClN4O3S2. The summed E-state index contributed by atoms with van der Waals surface area (Å²) in [6.07, 6.45) is 1.89. The Bertz CT molecular complexity index is 924. The van der Waals surface area contributed by atoms with Gasteiger partial charge in [-0.05, 0) is 30.0 Å². The maximum Gasteiger partial charge on any atom is 0.257 e. The van der Waals surface area contributed by atoms with Crippen molar-refractivity contribution in [2.45, 2.75) is 24.8 Å². The van der Waals surface area contributed by atoms with E-state index in [0.717, 1.165) is 4.88 Å². The highest BCUT2D eigenvalue weighted by molar-refractivity contribution is 7.89. The fourth-order valence-electron chi connectivity index (χ4n) is 2.17. The summed E-state index contributed by atoms with van der Waals surface area (Å²) in [5.41, 5.74) is 0. The summed E-state index contributed by atoms with van der Waals surface area (Å²) in [7, 11) is -3.74. The lowest BCUT2D eigenvalue weighted by Gasteiger charge is -2.19. The van der Waals surface area contributed by atoms with Crippen LogP contribution in [0.3, 0.4) is 0 Å². The second-order valence-electron chi connectivity index (χ2n) is 5.13. The van der Waals surface area contributed by atoms with Crippen molar-refractivity contribution in [3.05, 3.63) is 46.9 Å². The largest absolute Gasteiger partial charge is 0.418 e. The van der Waals surface area contributed by atoms with Gasteiger partial charge in [0.25, 0.3) is 5.89 Å². The Kier molecular flexibility index (Phi) is 5.48. The van der Waals surface area contributed by atoms with Crippen molar-refractivity contribution in [2.24, 2.45) is 0 Å². The summed E-state index contributed by atoms with van der Waals surface area (Å²) >= 11 is 7.21. The molecule has 0 aromatic carbocycles. The molecule has 3 heterocycles. The molecule has 0 amide bonds. The van der Waals surface area contributed by atoms with Gasteiger partial charge in [0.15, 0.2) is 0 Å². The Morgan fingerprint density at radius 2 is 2.12 bits per heavy atom. The van der Waals surface area contributed by atoms with Crippen molar-refractivity contribution in [2.75, 3.05) is 6.54 Å². The number of rotatable bonds is 7. The molecule has 0 aliphatic carbocycles. The van der Waals surface area contributed by atoms with E-state index < -0.39 is 10.0 Å². The van der Waals surface area contributed by atoms with Crippen LogP contribution >= 0.6 is 22.9 Å². The normalized spacial score (nSPS) is 12.0. The van der Waals surface area contributed by atoms with Crippen molar-refractivity contribution in [1.82, 2.24) is 19.5 Å². The summed E-state index contributed by atoms with van der Waals surface area (Å²) in [6.45, 7) is 2.21. The molecule has 132 valence electrons. The standard InChI is InChI=1S/C15H15ClN4O3S2/c1-2-7-20(25(21,22)11-5-6-13(16)17-9-11)10-14-18-19-15(23-14)12-4-3-8-24-12/h3-6,8-9H,2,7,10H2,1H3. The van der Waals surface area contributed by atoms with Gasteiger partial charge in [-0.3, -0.25) is 0 Å². The van der Waals surface area contributed by atoms with Gasteiger partial charge in [-0.1, -0.05) is 24.6 Å². The highest BCUT2D eigenvalue weighted by atomic mass is 35.5. The summed E-state index contributed by atoms with van der Waals surface area (Å²) in [4.78, 5) is 4.75. The van der Waals surface area contributed by atoms with Gasteiger partial charge >= 0.3 is 0 Å². The minimum Gasteiger partial charge on any atom is -0.418 e. The second-order valence-corrected chi connectivity index (χ2v) is 8.41. The SMILES string of the molecule is CCCN(Cc1nnc(-c2cccs2)o1)S(=O)(=O)c1ccc(Cl)nc1. The van der Waals surface area contributed by atoms with E-state index in [2.05, 4.69) is 15.2 Å². The molecule has 0 N–H and O–H groups in total. The molecule has 0 fully saturated rings. The summed E-state index contributed by atoms with van der Waals surface area (Å²) < 4.78 is 32.6. The van der Waals surface area contributed by atoms with Gasteiger partial charge in [-0.25, -0.2) is 13.4 Å². The molecule has 0 bridgehead atoms. The second kappa shape index (κ2) is 7.61. The van der Waals surface area contributed by atoms with Gasteiger partial charge < -0.3 is 4.42 Å². The van der Waals surface area contributed by atoms with Gasteiger partial charge in [0, 0.05) is 12.7 Å². The van der Waals surface area contributed by atoms with Crippen molar-refractivity contribution >= 4 is 33.0 Å². The van der Waals surface area contributed by atoms with Gasteiger partial charge in [-0.2, -0.15) is 4.31 Å². The van der Waals surface area contributed by atoms with E-state index in [4.69, 9.17) is 16.0 Å². The Balaban J connectivity index is 1.85. The average molecular weight is 399 g/mol. The van der Waals surface area contributed by atoms with Crippen LogP contribution in [0, 0.1) is 0 Å². The Morgan fingerprint density at radius 1 is 1.28 bits per heavy atom. The highest BCUT2D eigenvalue weighted by Crippen LogP contribution is 2.24. The lowest BCUT2D eigenvalue weighted by Crippen LogP contribution is -2.31. The van der Waals surface area contributed by atoms with Crippen molar-refractivity contribution in [3.63, 3.8) is 0 Å². The van der Waals surface area contributed by atoms with Crippen LogP contribution in [-0.2, 0) is 16.6 Å². The van der Waals surface area contributed by atoms with Crippen LogP contribution in [0.5, 0.6) is 0 Å². The fourth-order valence-corrected chi connectivity index (χ4v) is 4.35. The number of hydrogen-bond acceptors (Lipinski definition) is 7. The molecule has 0 radical (unpaired) electrons. The molecule has 7 nitrogen and oxygen atoms in total. The minimum absolute atomic E-state index is 0.00280. The molecular weight excluding hydrogens is 384 g/mol. The van der Waals surface area contributed by atoms with Gasteiger partial charge in [0.2, 0.25) is 15.9 Å². The summed E-state index contributed by atoms with van der Waals surface area (Å²) in [5.74, 6) is 0.620. The van der Waals surface area contributed by atoms with Gasteiger partial charge in [0.1, 0.15) is 10.0 Å². The molecule has 3 aromatic heterocycles. The summed E-state index contributed by atoms with van der Waals surface area (Å²) in [6, 6.07) is 6.62. The number of hydrogen-bond donors (Lipinski definition) is 0. The van der Waals surface area contributed by atoms with E-state index in [1.54, 1.807) is 0 Å². The summed E-state index contributed by atoms with van der Waals surface area (Å²) in [5, 5.41) is 10.1. The average Bonchev–Trinajstić information content (AvgIpc) is 3.26. The predicted octanol–water partition coefficient (Wildman–Crippen LogP) is 3.45. The predicted molar refractivity (Wildman–Crippen MR) is 94.7 cm³/mol. The molecule has 0 spiro atoms. The zero-order valence-corrected chi connectivity index (χ0v) is 15.7. The zero-order chi connectivity index (χ0) is 17.9. The van der Waals surface area contributed by atoms with E-state index in [1.807, 2.05) is 24.4 Å². The number of pyridine rings is 1. The smallest absolute Gasteiger partial charge is 0.257 e. The zero-order valence-electron chi connectivity index (χ0n) is 13.3. The molecule has 25 heavy (non-hydrogen) atoms. The third-order valence-electron chi connectivity index (χ3n) is 3.32. The maximum atomic E-state index is 12.8. The highest BCUT2D eigenvalue weighted by Gasteiger charge is 2.26. The quantitative estimate of drug-likeness (QED) is 0.566. The Morgan fingerprint density at radius 3 is 2.76 bits per heavy atom. The van der Waals surface area contributed by atoms with E-state index >= 15 is 0 Å². The van der Waals surface area contributed by atoms with Crippen LogP contribution in [-0.4, -0.2) is 34.4 Å². The van der Waals surface area contributed by atoms with E-state index in [-0.39, 0.29) is 22.5 Å². The first kappa shape index (κ1) is 18.0. The maximum absolute atomic E-state index is 12.8. The molecule has 0 saturated carbocycles. The molecule has 3 rings (SSSR count). The van der Waals surface area contributed by atoms with E-state index in [1.165, 1.54) is 34.0 Å². The first-order valence-electron chi connectivity index (χ1n) is 7.48. The topological polar surface area (TPSA) is 89.2 Å². The first-order valence-corrected chi connectivity index (χ1v) is 10.2. The third kappa shape index (κ3) is 4.06. The molecule has 10 heteroatoms. The number of halogens is 1. The minimum atomic E-state index is -3.74. The molecule has 0 saturated heterocycles. The van der Waals surface area contributed by atoms with E-state index in [0.29, 0.717) is 18.9 Å². The van der Waals surface area contributed by atoms with Crippen molar-refractivity contribution in [1.29, 1.82) is 0 Å². The van der Waals surface area contributed by atoms with Crippen molar-refractivity contribution in [3.8, 4) is 10.8 Å². The van der Waals surface area contributed by atoms with Gasteiger partial charge in [0.05, 0.1) is 11.4 Å². The lowest BCUT2D eigenvalue weighted by atomic mass is 10.4. The number of aromatic nitrogens is 3. The van der Waals surface area contributed by atoms with E-state index in [9.17, 15) is 8.42 Å². The first-order chi connectivity index (χ1) is 12.0. The monoisotopic (exact) mass is 398 g/mol. The van der Waals surface area contributed by atoms with Gasteiger partial charge in [-0.15, -0.1) is 21.5 Å². The van der Waals surface area contributed by atoms with Crippen LogP contribution in [0.25, 0.3) is 10.8 Å². The Hall–Kier alpha value is -1.81. The third-order valence-corrected chi connectivity index (χ3v) is 6.23.